The quantitative estimate of drug-likeness (QED) is 0.136. The fourth-order valence-electron chi connectivity index (χ4n) is 12.3. The first kappa shape index (κ1) is 41.1. The van der Waals surface area contributed by atoms with Crippen LogP contribution in [0.5, 0.6) is 0 Å². The summed E-state index contributed by atoms with van der Waals surface area (Å²) in [6.45, 7) is 4.80. The molecule has 2 aliphatic heterocycles. The molecule has 2 unspecified atom stereocenters. The molecular formula is C58H68N2S. The molecule has 2 heterocycles. The van der Waals surface area contributed by atoms with E-state index in [9.17, 15) is 0 Å². The molecule has 4 aliphatic carbocycles. The zero-order chi connectivity index (χ0) is 40.8. The van der Waals surface area contributed by atoms with Crippen molar-refractivity contribution >= 4 is 47.2 Å². The van der Waals surface area contributed by atoms with Gasteiger partial charge < -0.3 is 0 Å². The first-order valence-corrected chi connectivity index (χ1v) is 25.6. The zero-order valence-electron chi connectivity index (χ0n) is 36.7. The molecule has 10 rings (SSSR count). The van der Waals surface area contributed by atoms with Gasteiger partial charge in [-0.05, 0) is 106 Å². The van der Waals surface area contributed by atoms with Crippen LogP contribution in [-0.4, -0.2) is 59.6 Å². The minimum atomic E-state index is 0.687. The Balaban J connectivity index is 0.857. The van der Waals surface area contributed by atoms with Gasteiger partial charge in [0.1, 0.15) is 0 Å². The molecule has 2 atom stereocenters. The van der Waals surface area contributed by atoms with Crippen molar-refractivity contribution in [2.24, 2.45) is 11.8 Å². The predicted molar refractivity (Wildman–Crippen MR) is 265 cm³/mol. The van der Waals surface area contributed by atoms with Crippen molar-refractivity contribution in [2.75, 3.05) is 37.7 Å². The summed E-state index contributed by atoms with van der Waals surface area (Å²) in [5.41, 5.74) is 17.5. The fraction of sp³-hybridized carbons (Fsp3) is 0.448. The van der Waals surface area contributed by atoms with E-state index in [1.54, 1.807) is 11.1 Å². The summed E-state index contributed by atoms with van der Waals surface area (Å²) in [5.74, 6) is 4.41. The van der Waals surface area contributed by atoms with Gasteiger partial charge in [0.2, 0.25) is 0 Å². The van der Waals surface area contributed by atoms with Gasteiger partial charge in [-0.25, -0.2) is 0 Å². The molecule has 0 spiro atoms. The molecule has 0 N–H and O–H groups in total. The lowest BCUT2D eigenvalue weighted by atomic mass is 9.83. The molecule has 4 aromatic carbocycles. The predicted octanol–water partition coefficient (Wildman–Crippen LogP) is 14.6. The summed E-state index contributed by atoms with van der Waals surface area (Å²) in [6, 6.07) is 37.8. The Kier molecular flexibility index (Phi) is 13.3. The van der Waals surface area contributed by atoms with E-state index in [0.717, 1.165) is 11.8 Å². The van der Waals surface area contributed by atoms with Gasteiger partial charge >= 0.3 is 0 Å². The Morgan fingerprint density at radius 1 is 0.410 bits per heavy atom. The van der Waals surface area contributed by atoms with Crippen LogP contribution in [0.25, 0.3) is 35.5 Å². The molecule has 0 radical (unpaired) electrons. The lowest BCUT2D eigenvalue weighted by molar-refractivity contribution is 0.157. The van der Waals surface area contributed by atoms with Gasteiger partial charge in [-0.2, -0.15) is 11.8 Å². The fourth-order valence-corrected chi connectivity index (χ4v) is 13.7. The lowest BCUT2D eigenvalue weighted by Gasteiger charge is -2.40. The molecule has 2 saturated heterocycles. The number of hydrogen-bond acceptors (Lipinski definition) is 3. The van der Waals surface area contributed by atoms with E-state index >= 15 is 0 Å². The van der Waals surface area contributed by atoms with Crippen LogP contribution in [0.15, 0.2) is 108 Å². The maximum absolute atomic E-state index is 2.96. The number of piperidine rings is 2. The highest BCUT2D eigenvalue weighted by Crippen LogP contribution is 2.42. The first-order valence-electron chi connectivity index (χ1n) is 24.5. The number of rotatable bonds is 10. The average Bonchev–Trinajstić information content (AvgIpc) is 3.60. The molecule has 0 aromatic heterocycles. The normalized spacial score (nSPS) is 21.2. The molecular weight excluding hydrogens is 757 g/mol. The monoisotopic (exact) mass is 825 g/mol. The van der Waals surface area contributed by atoms with Crippen LogP contribution in [-0.2, 0) is 0 Å². The summed E-state index contributed by atoms with van der Waals surface area (Å²) in [5, 5.41) is 0. The average molecular weight is 825 g/mol. The van der Waals surface area contributed by atoms with Crippen molar-refractivity contribution in [3.63, 3.8) is 0 Å². The second-order valence-electron chi connectivity index (χ2n) is 19.4. The Morgan fingerprint density at radius 3 is 1.05 bits per heavy atom. The van der Waals surface area contributed by atoms with Gasteiger partial charge in [-0.1, -0.05) is 197 Å². The largest absolute Gasteiger partial charge is 0.299 e. The van der Waals surface area contributed by atoms with E-state index < -0.39 is 0 Å². The third-order valence-electron chi connectivity index (χ3n) is 15.6. The highest BCUT2D eigenvalue weighted by molar-refractivity contribution is 7.99. The van der Waals surface area contributed by atoms with Crippen LogP contribution in [0.1, 0.15) is 147 Å². The molecule has 2 saturated carbocycles. The van der Waals surface area contributed by atoms with Gasteiger partial charge in [-0.15, -0.1) is 0 Å². The standard InChI is InChI=1S/C58H68N2S/c1-3-15-43(16-4-1)39-51(59-35-31-49(32-36-59)57-53-23-11-7-19-45(53)27-28-46-20-8-12-24-54(46)57)41-61-42-52(40-44-17-5-2-6-18-44)60-37-33-50(34-38-60)58-55-25-13-9-21-47(55)29-30-48-22-10-14-26-56(48)58/h7-14,19-30,43-44,51-52H,1-6,15-18,31-42H2. The van der Waals surface area contributed by atoms with Crippen molar-refractivity contribution in [2.45, 2.75) is 115 Å². The van der Waals surface area contributed by atoms with Crippen LogP contribution in [0.4, 0.5) is 0 Å². The van der Waals surface area contributed by atoms with Crippen LogP contribution in [0, 0.1) is 11.8 Å². The molecule has 6 aliphatic rings. The molecule has 2 nitrogen and oxygen atoms in total. The van der Waals surface area contributed by atoms with Crippen LogP contribution < -0.4 is 0 Å². The van der Waals surface area contributed by atoms with E-state index in [1.807, 2.05) is 0 Å². The summed E-state index contributed by atoms with van der Waals surface area (Å²) in [6.07, 6.45) is 31.4. The number of fused-ring (bicyclic) bond motifs is 4. The smallest absolute Gasteiger partial charge is 0.0189 e. The second-order valence-corrected chi connectivity index (χ2v) is 20.4. The van der Waals surface area contributed by atoms with Crippen LogP contribution in [0.3, 0.4) is 0 Å². The zero-order valence-corrected chi connectivity index (χ0v) is 37.5. The molecule has 0 amide bonds. The van der Waals surface area contributed by atoms with Crippen molar-refractivity contribution < 1.29 is 0 Å². The van der Waals surface area contributed by atoms with Gasteiger partial charge in [-0.3, -0.25) is 9.80 Å². The maximum atomic E-state index is 2.96. The number of hydrogen-bond donors (Lipinski definition) is 0. The molecule has 61 heavy (non-hydrogen) atoms. The van der Waals surface area contributed by atoms with Gasteiger partial charge in [0.15, 0.2) is 0 Å². The van der Waals surface area contributed by atoms with E-state index in [-0.39, 0.29) is 0 Å². The summed E-state index contributed by atoms with van der Waals surface area (Å²) >= 11 is 2.34. The SMILES string of the molecule is C1=Cc2ccccc2C(=C2CCN(C(CSCC(CC3CCCCC3)N3CCC(=C4c5ccccc5C=Cc5ccccc54)CC3)CC3CCCCC3)CC2)c2ccccc21. The van der Waals surface area contributed by atoms with E-state index in [4.69, 9.17) is 0 Å². The molecule has 0 bridgehead atoms. The van der Waals surface area contributed by atoms with E-state index in [2.05, 4.69) is 143 Å². The Hall–Kier alpha value is -3.89. The highest BCUT2D eigenvalue weighted by atomic mass is 32.2. The first-order chi connectivity index (χ1) is 30.2. The Labute approximate surface area is 372 Å². The topological polar surface area (TPSA) is 6.48 Å². The summed E-state index contributed by atoms with van der Waals surface area (Å²) in [7, 11) is 0. The minimum Gasteiger partial charge on any atom is -0.299 e. The Morgan fingerprint density at radius 2 is 0.721 bits per heavy atom. The van der Waals surface area contributed by atoms with Crippen LogP contribution in [0.2, 0.25) is 0 Å². The van der Waals surface area contributed by atoms with Crippen LogP contribution >= 0.6 is 11.8 Å². The third kappa shape index (κ3) is 9.41. The van der Waals surface area contributed by atoms with Crippen molar-refractivity contribution in [3.8, 4) is 0 Å². The van der Waals surface area contributed by atoms with Crippen molar-refractivity contribution in [3.05, 3.63) is 153 Å². The van der Waals surface area contributed by atoms with Gasteiger partial charge in [0.05, 0.1) is 0 Å². The van der Waals surface area contributed by atoms with Gasteiger partial charge in [0, 0.05) is 49.8 Å². The number of likely N-dealkylation sites (tertiary alicyclic amines) is 2. The van der Waals surface area contributed by atoms with Crippen molar-refractivity contribution in [1.29, 1.82) is 0 Å². The van der Waals surface area contributed by atoms with E-state index in [1.165, 1.54) is 196 Å². The third-order valence-corrected chi connectivity index (χ3v) is 16.9. The molecule has 316 valence electrons. The number of benzene rings is 4. The highest BCUT2D eigenvalue weighted by Gasteiger charge is 2.32. The lowest BCUT2D eigenvalue weighted by Crippen LogP contribution is -2.44. The summed E-state index contributed by atoms with van der Waals surface area (Å²) < 4.78 is 0. The molecule has 4 fully saturated rings. The molecule has 4 aromatic rings. The number of thioether (sulfide) groups is 1. The Bertz CT molecular complexity index is 1980. The molecule has 3 heteroatoms. The van der Waals surface area contributed by atoms with Gasteiger partial charge in [0.25, 0.3) is 0 Å². The summed E-state index contributed by atoms with van der Waals surface area (Å²) in [4.78, 5) is 5.93. The van der Waals surface area contributed by atoms with Crippen molar-refractivity contribution in [1.82, 2.24) is 9.80 Å². The maximum Gasteiger partial charge on any atom is 0.0189 e. The van der Waals surface area contributed by atoms with E-state index in [0.29, 0.717) is 12.1 Å². The second kappa shape index (κ2) is 19.7. The number of nitrogens with zero attached hydrogens (tertiary/aromatic N) is 2. The minimum absolute atomic E-state index is 0.687.